The van der Waals surface area contributed by atoms with Gasteiger partial charge in [-0.2, -0.15) is 18.9 Å². The van der Waals surface area contributed by atoms with Gasteiger partial charge < -0.3 is 18.9 Å². The minimum absolute atomic E-state index is 0.0566. The molecule has 3 heterocycles. The molecule has 0 radical (unpaired) electrons. The molecule has 0 amide bonds. The van der Waals surface area contributed by atoms with Crippen molar-refractivity contribution in [1.82, 2.24) is 25.2 Å². The highest BCUT2D eigenvalue weighted by atomic mass is 19.3. The number of alkyl halides is 2. The van der Waals surface area contributed by atoms with Gasteiger partial charge in [0.15, 0.2) is 17.3 Å². The smallest absolute Gasteiger partial charge is 0.387 e. The summed E-state index contributed by atoms with van der Waals surface area (Å²) in [6.45, 7) is -0.704. The van der Waals surface area contributed by atoms with Crippen molar-refractivity contribution in [2.45, 2.75) is 32.0 Å². The third kappa shape index (κ3) is 5.10. The molecule has 2 aromatic heterocycles. The highest BCUT2D eigenvalue weighted by Gasteiger charge is 2.27. The molecular formula is C21H24F2N6O3. The van der Waals surface area contributed by atoms with Gasteiger partial charge >= 0.3 is 6.61 Å². The first kappa shape index (κ1) is 21.9. The highest BCUT2D eigenvalue weighted by molar-refractivity contribution is 5.60. The number of methoxy groups -OCH3 is 1. The van der Waals surface area contributed by atoms with Crippen molar-refractivity contribution in [3.05, 3.63) is 42.4 Å². The maximum absolute atomic E-state index is 12.5. The summed E-state index contributed by atoms with van der Waals surface area (Å²) < 4.78 is 40.0. The van der Waals surface area contributed by atoms with E-state index in [4.69, 9.17) is 9.26 Å². The van der Waals surface area contributed by atoms with Crippen molar-refractivity contribution in [1.29, 1.82) is 0 Å². The molecule has 1 fully saturated rings. The minimum Gasteiger partial charge on any atom is -0.493 e. The van der Waals surface area contributed by atoms with Crippen LogP contribution in [-0.4, -0.2) is 65.1 Å². The number of rotatable bonds is 9. The molecule has 9 nitrogen and oxygen atoms in total. The molecule has 0 aliphatic carbocycles. The second kappa shape index (κ2) is 9.86. The zero-order valence-electron chi connectivity index (χ0n) is 17.8. The van der Waals surface area contributed by atoms with Gasteiger partial charge in [-0.3, -0.25) is 4.90 Å². The number of likely N-dealkylation sites (N-methyl/N-ethyl adjacent to an activating group) is 1. The number of anilines is 1. The SMILES string of the molecule is COc1cc(-c2noc(CN(C)CC3CCCN3c3cccnn3)n2)ccc1OC(F)F. The van der Waals surface area contributed by atoms with Crippen LogP contribution in [0.1, 0.15) is 18.7 Å². The molecule has 0 saturated carbocycles. The maximum atomic E-state index is 12.5. The Labute approximate surface area is 183 Å². The third-order valence-electron chi connectivity index (χ3n) is 5.26. The Morgan fingerprint density at radius 2 is 2.16 bits per heavy atom. The van der Waals surface area contributed by atoms with Crippen molar-refractivity contribution in [2.24, 2.45) is 0 Å². The zero-order chi connectivity index (χ0) is 22.5. The van der Waals surface area contributed by atoms with E-state index in [-0.39, 0.29) is 11.5 Å². The second-order valence-corrected chi connectivity index (χ2v) is 7.52. The zero-order valence-corrected chi connectivity index (χ0v) is 17.8. The Kier molecular flexibility index (Phi) is 6.74. The van der Waals surface area contributed by atoms with E-state index in [9.17, 15) is 8.78 Å². The Hall–Kier alpha value is -3.34. The summed E-state index contributed by atoms with van der Waals surface area (Å²) in [5.41, 5.74) is 0.575. The van der Waals surface area contributed by atoms with E-state index in [2.05, 4.69) is 34.9 Å². The van der Waals surface area contributed by atoms with E-state index in [0.29, 0.717) is 29.9 Å². The van der Waals surface area contributed by atoms with Crippen LogP contribution in [0.3, 0.4) is 0 Å². The number of aromatic nitrogens is 4. The molecular weight excluding hydrogens is 422 g/mol. The first-order valence-corrected chi connectivity index (χ1v) is 10.2. The Balaban J connectivity index is 1.40. The van der Waals surface area contributed by atoms with Gasteiger partial charge in [0.25, 0.3) is 0 Å². The van der Waals surface area contributed by atoms with E-state index in [1.807, 2.05) is 19.2 Å². The van der Waals surface area contributed by atoms with Crippen LogP contribution in [0, 0.1) is 0 Å². The van der Waals surface area contributed by atoms with Crippen LogP contribution in [0.25, 0.3) is 11.4 Å². The summed E-state index contributed by atoms with van der Waals surface area (Å²) in [6, 6.07) is 8.70. The van der Waals surface area contributed by atoms with Crippen molar-refractivity contribution in [3.63, 3.8) is 0 Å². The fraction of sp³-hybridized carbons (Fsp3) is 0.429. The van der Waals surface area contributed by atoms with Crippen LogP contribution in [-0.2, 0) is 6.54 Å². The summed E-state index contributed by atoms with van der Waals surface area (Å²) >= 11 is 0. The first-order chi connectivity index (χ1) is 15.5. The number of hydrogen-bond donors (Lipinski definition) is 0. The van der Waals surface area contributed by atoms with E-state index in [1.54, 1.807) is 12.3 Å². The number of hydrogen-bond acceptors (Lipinski definition) is 9. The molecule has 0 N–H and O–H groups in total. The topological polar surface area (TPSA) is 89.6 Å². The Morgan fingerprint density at radius 3 is 2.91 bits per heavy atom. The van der Waals surface area contributed by atoms with E-state index < -0.39 is 6.61 Å². The normalized spacial score (nSPS) is 16.2. The molecule has 1 unspecified atom stereocenters. The van der Waals surface area contributed by atoms with Crippen LogP contribution < -0.4 is 14.4 Å². The fourth-order valence-corrected chi connectivity index (χ4v) is 3.87. The summed E-state index contributed by atoms with van der Waals surface area (Å²) in [5, 5.41) is 12.2. The lowest BCUT2D eigenvalue weighted by atomic mass is 10.2. The van der Waals surface area contributed by atoms with Crippen LogP contribution >= 0.6 is 0 Å². The van der Waals surface area contributed by atoms with Gasteiger partial charge in [0.1, 0.15) is 0 Å². The standard InChI is InChI=1S/C21H24F2N6O3/c1-28(12-15-5-4-10-29(15)18-6-3-9-24-26-18)13-19-25-20(27-32-19)14-7-8-16(31-21(22)23)17(11-14)30-2/h3,6-9,11,15,21H,4-5,10,12-13H2,1-2H3. The molecule has 1 atom stereocenters. The highest BCUT2D eigenvalue weighted by Crippen LogP contribution is 2.32. The molecule has 1 aliphatic heterocycles. The molecule has 170 valence electrons. The number of nitrogens with zero attached hydrogens (tertiary/aromatic N) is 6. The predicted octanol–water partition coefficient (Wildman–Crippen LogP) is 3.24. The molecule has 1 aromatic carbocycles. The van der Waals surface area contributed by atoms with Gasteiger partial charge in [-0.05, 0) is 50.2 Å². The molecule has 32 heavy (non-hydrogen) atoms. The average Bonchev–Trinajstić information content (AvgIpc) is 3.44. The average molecular weight is 446 g/mol. The third-order valence-corrected chi connectivity index (χ3v) is 5.26. The molecule has 4 rings (SSSR count). The molecule has 11 heteroatoms. The van der Waals surface area contributed by atoms with Crippen LogP contribution in [0.15, 0.2) is 41.1 Å². The molecule has 1 saturated heterocycles. The van der Waals surface area contributed by atoms with Gasteiger partial charge in [-0.25, -0.2) is 0 Å². The number of ether oxygens (including phenoxy) is 2. The summed E-state index contributed by atoms with van der Waals surface area (Å²) in [7, 11) is 3.37. The summed E-state index contributed by atoms with van der Waals surface area (Å²) in [6.07, 6.45) is 3.85. The minimum atomic E-state index is -2.94. The molecule has 0 bridgehead atoms. The maximum Gasteiger partial charge on any atom is 0.387 e. The lowest BCUT2D eigenvalue weighted by molar-refractivity contribution is -0.0512. The molecule has 3 aromatic rings. The number of halogens is 2. The molecule has 0 spiro atoms. The number of benzene rings is 1. The van der Waals surface area contributed by atoms with Crippen LogP contribution in [0.5, 0.6) is 11.5 Å². The Morgan fingerprint density at radius 1 is 1.28 bits per heavy atom. The first-order valence-electron chi connectivity index (χ1n) is 10.2. The van der Waals surface area contributed by atoms with Gasteiger partial charge in [0.2, 0.25) is 11.7 Å². The van der Waals surface area contributed by atoms with Crippen LogP contribution in [0.4, 0.5) is 14.6 Å². The van der Waals surface area contributed by atoms with Crippen molar-refractivity contribution >= 4 is 5.82 Å². The predicted molar refractivity (Wildman–Crippen MR) is 112 cm³/mol. The van der Waals surface area contributed by atoms with Crippen molar-refractivity contribution in [3.8, 4) is 22.9 Å². The van der Waals surface area contributed by atoms with Gasteiger partial charge in [-0.1, -0.05) is 5.16 Å². The van der Waals surface area contributed by atoms with Gasteiger partial charge in [0.05, 0.1) is 13.7 Å². The van der Waals surface area contributed by atoms with E-state index >= 15 is 0 Å². The molecule has 1 aliphatic rings. The quantitative estimate of drug-likeness (QED) is 0.491. The van der Waals surface area contributed by atoms with Gasteiger partial charge in [0, 0.05) is 30.9 Å². The Bertz CT molecular complexity index is 1020. The van der Waals surface area contributed by atoms with Crippen LogP contribution in [0.2, 0.25) is 0 Å². The largest absolute Gasteiger partial charge is 0.493 e. The lowest BCUT2D eigenvalue weighted by Crippen LogP contribution is -2.39. The van der Waals surface area contributed by atoms with Gasteiger partial charge in [-0.15, -0.1) is 5.10 Å². The summed E-state index contributed by atoms with van der Waals surface area (Å²) in [5.74, 6) is 1.79. The van der Waals surface area contributed by atoms with E-state index in [1.165, 1.54) is 19.2 Å². The van der Waals surface area contributed by atoms with E-state index in [0.717, 1.165) is 31.7 Å². The second-order valence-electron chi connectivity index (χ2n) is 7.52. The monoisotopic (exact) mass is 446 g/mol. The lowest BCUT2D eigenvalue weighted by Gasteiger charge is -2.28. The van der Waals surface area contributed by atoms with Crippen molar-refractivity contribution < 1.29 is 22.8 Å². The summed E-state index contributed by atoms with van der Waals surface area (Å²) in [4.78, 5) is 8.84. The van der Waals surface area contributed by atoms with Crippen molar-refractivity contribution in [2.75, 3.05) is 32.1 Å². The fourth-order valence-electron chi connectivity index (χ4n) is 3.87.